The molecule has 1 saturated carbocycles. The van der Waals surface area contributed by atoms with Crippen LogP contribution < -0.4 is 5.73 Å². The van der Waals surface area contributed by atoms with Crippen LogP contribution in [0.1, 0.15) is 32.1 Å². The van der Waals surface area contributed by atoms with E-state index in [-0.39, 0.29) is 23.5 Å². The second kappa shape index (κ2) is 7.63. The third-order valence-electron chi connectivity index (χ3n) is 5.59. The zero-order valence-corrected chi connectivity index (χ0v) is 14.1. The number of imidazole rings is 1. The van der Waals surface area contributed by atoms with E-state index < -0.39 is 0 Å². The number of piperidine rings is 1. The first-order chi connectivity index (χ1) is 11.7. The summed E-state index contributed by atoms with van der Waals surface area (Å²) in [4.78, 5) is 18.3. The van der Waals surface area contributed by atoms with Gasteiger partial charge in [0.25, 0.3) is 0 Å². The first kappa shape index (κ1) is 17.4. The van der Waals surface area contributed by atoms with Crippen molar-refractivity contribution < 1.29 is 14.6 Å². The summed E-state index contributed by atoms with van der Waals surface area (Å²) in [5, 5.41) is 10.2. The van der Waals surface area contributed by atoms with Gasteiger partial charge in [-0.3, -0.25) is 4.79 Å². The molecule has 0 radical (unpaired) electrons. The lowest BCUT2D eigenvalue weighted by atomic mass is 9.58. The molecular weight excluding hydrogens is 308 g/mol. The van der Waals surface area contributed by atoms with Crippen molar-refractivity contribution in [1.82, 2.24) is 14.5 Å². The van der Waals surface area contributed by atoms with Gasteiger partial charge in [-0.15, -0.1) is 0 Å². The minimum Gasteiger partial charge on any atom is -0.392 e. The van der Waals surface area contributed by atoms with Gasteiger partial charge in [-0.2, -0.15) is 0 Å². The Morgan fingerprint density at radius 1 is 1.42 bits per heavy atom. The normalized spacial score (nSPS) is 25.7. The number of carbonyl (C=O) groups is 1. The fraction of sp³-hybridized carbons (Fsp3) is 0.765. The van der Waals surface area contributed by atoms with Crippen LogP contribution in [-0.2, 0) is 16.1 Å². The third kappa shape index (κ3) is 3.48. The van der Waals surface area contributed by atoms with Gasteiger partial charge in [-0.25, -0.2) is 4.98 Å². The molecular formula is C17H28N4O3. The Kier molecular flexibility index (Phi) is 5.53. The Hall–Kier alpha value is -1.44. The minimum absolute atomic E-state index is 0.0922. The molecule has 0 unspecified atom stereocenters. The number of nitrogens with two attached hydrogens (primary N) is 1. The number of carbonyl (C=O) groups excluding carboxylic acids is 1. The number of nitrogens with zero attached hydrogens (tertiary/aromatic N) is 3. The van der Waals surface area contributed by atoms with Crippen molar-refractivity contribution in [3.63, 3.8) is 0 Å². The Balaban J connectivity index is 1.43. The van der Waals surface area contributed by atoms with Gasteiger partial charge in [0.2, 0.25) is 5.91 Å². The summed E-state index contributed by atoms with van der Waals surface area (Å²) in [6.45, 7) is 3.28. The van der Waals surface area contributed by atoms with Gasteiger partial charge < -0.3 is 25.0 Å². The maximum atomic E-state index is 12.4. The van der Waals surface area contributed by atoms with Crippen LogP contribution in [-0.4, -0.2) is 63.9 Å². The van der Waals surface area contributed by atoms with E-state index in [9.17, 15) is 9.90 Å². The highest BCUT2D eigenvalue weighted by atomic mass is 16.5. The van der Waals surface area contributed by atoms with Crippen LogP contribution in [0.25, 0.3) is 0 Å². The van der Waals surface area contributed by atoms with Crippen LogP contribution in [0, 0.1) is 5.41 Å². The number of rotatable bonds is 7. The SMILES string of the molecule is NCCO[C@@H]1C[C@H](O)C12CCN(C(=O)CCCn1ccnc1)CC2. The molecule has 2 fully saturated rings. The minimum atomic E-state index is -0.307. The van der Waals surface area contributed by atoms with E-state index in [1.165, 1.54) is 0 Å². The molecule has 2 heterocycles. The molecule has 7 heteroatoms. The predicted octanol–water partition coefficient (Wildman–Crippen LogP) is 0.381. The summed E-state index contributed by atoms with van der Waals surface area (Å²) < 4.78 is 7.78. The van der Waals surface area contributed by atoms with Gasteiger partial charge in [0.15, 0.2) is 0 Å². The second-order valence-electron chi connectivity index (χ2n) is 6.92. The van der Waals surface area contributed by atoms with Gasteiger partial charge in [-0.05, 0) is 19.3 Å². The van der Waals surface area contributed by atoms with Gasteiger partial charge in [0, 0.05) is 56.8 Å². The smallest absolute Gasteiger partial charge is 0.222 e. The van der Waals surface area contributed by atoms with Crippen molar-refractivity contribution >= 4 is 5.91 Å². The van der Waals surface area contributed by atoms with E-state index in [0.29, 0.717) is 39.1 Å². The molecule has 1 spiro atoms. The van der Waals surface area contributed by atoms with Crippen molar-refractivity contribution in [2.24, 2.45) is 11.1 Å². The molecule has 3 N–H and O–H groups in total. The summed E-state index contributed by atoms with van der Waals surface area (Å²) in [5.41, 5.74) is 5.34. The van der Waals surface area contributed by atoms with Crippen molar-refractivity contribution in [3.8, 4) is 0 Å². The van der Waals surface area contributed by atoms with Gasteiger partial charge >= 0.3 is 0 Å². The standard InChI is InChI=1S/C17H28N4O3/c18-5-11-24-15-12-14(22)17(15)3-8-21(9-4-17)16(23)2-1-7-20-10-6-19-13-20/h6,10,13-15,22H,1-5,7-9,11-12,18H2/t14-,15+/m0/s1. The van der Waals surface area contributed by atoms with Crippen LogP contribution >= 0.6 is 0 Å². The number of hydrogen-bond donors (Lipinski definition) is 2. The number of aliphatic hydroxyl groups excluding tert-OH is 1. The maximum absolute atomic E-state index is 12.4. The van der Waals surface area contributed by atoms with E-state index in [1.807, 2.05) is 15.7 Å². The molecule has 2 atom stereocenters. The van der Waals surface area contributed by atoms with E-state index in [0.717, 1.165) is 25.8 Å². The number of amides is 1. The highest BCUT2D eigenvalue weighted by Gasteiger charge is 2.56. The van der Waals surface area contributed by atoms with Crippen molar-refractivity contribution in [2.45, 2.75) is 50.9 Å². The lowest BCUT2D eigenvalue weighted by molar-refractivity contribution is -0.210. The van der Waals surface area contributed by atoms with Crippen LogP contribution in [0.5, 0.6) is 0 Å². The van der Waals surface area contributed by atoms with Gasteiger partial charge in [-0.1, -0.05) is 0 Å². The summed E-state index contributed by atoms with van der Waals surface area (Å²) in [6, 6.07) is 0. The lowest BCUT2D eigenvalue weighted by Crippen LogP contribution is -2.62. The Labute approximate surface area is 142 Å². The van der Waals surface area contributed by atoms with Crippen molar-refractivity contribution in [2.75, 3.05) is 26.2 Å². The number of aryl methyl sites for hydroxylation is 1. The molecule has 1 aliphatic carbocycles. The third-order valence-corrected chi connectivity index (χ3v) is 5.59. The maximum Gasteiger partial charge on any atom is 0.222 e. The van der Waals surface area contributed by atoms with Crippen LogP contribution in [0.3, 0.4) is 0 Å². The van der Waals surface area contributed by atoms with E-state index in [1.54, 1.807) is 12.5 Å². The van der Waals surface area contributed by atoms with Gasteiger partial charge in [0.05, 0.1) is 25.1 Å². The first-order valence-electron chi connectivity index (χ1n) is 8.89. The summed E-state index contributed by atoms with van der Waals surface area (Å²) >= 11 is 0. The quantitative estimate of drug-likeness (QED) is 0.751. The average molecular weight is 336 g/mol. The summed E-state index contributed by atoms with van der Waals surface area (Å²) in [5.74, 6) is 0.207. The molecule has 1 amide bonds. The predicted molar refractivity (Wildman–Crippen MR) is 89.1 cm³/mol. The zero-order chi connectivity index (χ0) is 17.0. The average Bonchev–Trinajstić information content (AvgIpc) is 3.12. The van der Waals surface area contributed by atoms with Crippen molar-refractivity contribution in [3.05, 3.63) is 18.7 Å². The molecule has 3 rings (SSSR count). The fourth-order valence-electron chi connectivity index (χ4n) is 3.99. The summed E-state index contributed by atoms with van der Waals surface area (Å²) in [6.07, 6.45) is 8.92. The molecule has 1 saturated heterocycles. The van der Waals surface area contributed by atoms with Crippen LogP contribution in [0.4, 0.5) is 0 Å². The largest absolute Gasteiger partial charge is 0.392 e. The fourth-order valence-corrected chi connectivity index (χ4v) is 3.99. The molecule has 134 valence electrons. The monoisotopic (exact) mass is 336 g/mol. The number of ether oxygens (including phenoxy) is 1. The Bertz CT molecular complexity index is 526. The number of hydrogen-bond acceptors (Lipinski definition) is 5. The van der Waals surface area contributed by atoms with Crippen LogP contribution in [0.2, 0.25) is 0 Å². The molecule has 1 aliphatic heterocycles. The molecule has 1 aromatic heterocycles. The molecule has 24 heavy (non-hydrogen) atoms. The lowest BCUT2D eigenvalue weighted by Gasteiger charge is -2.56. The van der Waals surface area contributed by atoms with Gasteiger partial charge in [0.1, 0.15) is 0 Å². The Morgan fingerprint density at radius 2 is 2.21 bits per heavy atom. The van der Waals surface area contributed by atoms with Crippen molar-refractivity contribution in [1.29, 1.82) is 0 Å². The zero-order valence-electron chi connectivity index (χ0n) is 14.1. The van der Waals surface area contributed by atoms with Crippen LogP contribution in [0.15, 0.2) is 18.7 Å². The molecule has 1 aromatic rings. The molecule has 2 aliphatic rings. The number of likely N-dealkylation sites (tertiary alicyclic amines) is 1. The highest BCUT2D eigenvalue weighted by molar-refractivity contribution is 5.76. The molecule has 7 nitrogen and oxygen atoms in total. The van der Waals surface area contributed by atoms with E-state index in [2.05, 4.69) is 4.98 Å². The first-order valence-corrected chi connectivity index (χ1v) is 8.89. The topological polar surface area (TPSA) is 93.6 Å². The van der Waals surface area contributed by atoms with E-state index in [4.69, 9.17) is 10.5 Å². The Morgan fingerprint density at radius 3 is 2.83 bits per heavy atom. The number of aliphatic hydroxyl groups is 1. The molecule has 0 bridgehead atoms. The number of aromatic nitrogens is 2. The summed E-state index contributed by atoms with van der Waals surface area (Å²) in [7, 11) is 0. The van der Waals surface area contributed by atoms with E-state index >= 15 is 0 Å². The highest BCUT2D eigenvalue weighted by Crippen LogP contribution is 2.50. The second-order valence-corrected chi connectivity index (χ2v) is 6.92. The molecule has 0 aromatic carbocycles.